The Morgan fingerprint density at radius 2 is 1.91 bits per heavy atom. The van der Waals surface area contributed by atoms with Crippen molar-refractivity contribution in [1.29, 1.82) is 0 Å². The zero-order chi connectivity index (χ0) is 30.5. The first-order valence-electron chi connectivity index (χ1n) is 14.1. The van der Waals surface area contributed by atoms with Gasteiger partial charge in [-0.25, -0.2) is 13.4 Å². The molecule has 0 radical (unpaired) electrons. The summed E-state index contributed by atoms with van der Waals surface area (Å²) in [5.74, 6) is -0.221. The molecule has 0 bridgehead atoms. The number of hydrogen-bond donors (Lipinski definition) is 2. The summed E-state index contributed by atoms with van der Waals surface area (Å²) in [6, 6.07) is 16.8. The molecule has 2 amide bonds. The SMILES string of the molecule is CNC(=O)c1c(-c2ccc(C)cc2)oc2cc(N(C)S(C)(=O)=O)c([C@@H]3CCCN(C(=O)c4cc5cccnc5[nH]4)C3)cc12. The van der Waals surface area contributed by atoms with E-state index in [1.165, 1.54) is 11.4 Å². The molecule has 5 aromatic rings. The number of sulfonamides is 1. The third-order valence-corrected chi connectivity index (χ3v) is 9.40. The smallest absolute Gasteiger partial charge is 0.270 e. The predicted molar refractivity (Wildman–Crippen MR) is 167 cm³/mol. The Morgan fingerprint density at radius 3 is 2.60 bits per heavy atom. The monoisotopic (exact) mass is 599 g/mol. The number of aromatic nitrogens is 2. The molecule has 0 saturated carbocycles. The topological polar surface area (TPSA) is 129 Å². The number of amides is 2. The Morgan fingerprint density at radius 1 is 1.14 bits per heavy atom. The van der Waals surface area contributed by atoms with Gasteiger partial charge in [0.1, 0.15) is 22.7 Å². The van der Waals surface area contributed by atoms with Gasteiger partial charge in [0.05, 0.1) is 17.5 Å². The van der Waals surface area contributed by atoms with Gasteiger partial charge in [0.2, 0.25) is 10.0 Å². The van der Waals surface area contributed by atoms with Crippen LogP contribution in [0.25, 0.3) is 33.3 Å². The maximum Gasteiger partial charge on any atom is 0.270 e. The number of piperidine rings is 1. The fourth-order valence-electron chi connectivity index (χ4n) is 5.84. The van der Waals surface area contributed by atoms with Crippen molar-refractivity contribution in [2.45, 2.75) is 25.7 Å². The third kappa shape index (κ3) is 5.25. The molecule has 3 aromatic heterocycles. The second kappa shape index (κ2) is 10.9. The molecule has 0 aliphatic carbocycles. The molecule has 6 rings (SSSR count). The van der Waals surface area contributed by atoms with E-state index in [1.807, 2.05) is 49.4 Å². The predicted octanol–water partition coefficient (Wildman–Crippen LogP) is 5.06. The van der Waals surface area contributed by atoms with Crippen molar-refractivity contribution in [3.05, 3.63) is 83.2 Å². The molecule has 0 unspecified atom stereocenters. The lowest BCUT2D eigenvalue weighted by atomic mass is 9.88. The van der Waals surface area contributed by atoms with E-state index >= 15 is 0 Å². The molecule has 222 valence electrons. The van der Waals surface area contributed by atoms with Crippen LogP contribution >= 0.6 is 0 Å². The second-order valence-electron chi connectivity index (χ2n) is 11.1. The number of nitrogens with zero attached hydrogens (tertiary/aromatic N) is 3. The van der Waals surface area contributed by atoms with Crippen LogP contribution < -0.4 is 9.62 Å². The Kier molecular flexibility index (Phi) is 7.21. The van der Waals surface area contributed by atoms with Crippen molar-refractivity contribution in [1.82, 2.24) is 20.2 Å². The Hall–Kier alpha value is -4.64. The van der Waals surface area contributed by atoms with Gasteiger partial charge in [0, 0.05) is 61.7 Å². The van der Waals surface area contributed by atoms with E-state index in [-0.39, 0.29) is 17.7 Å². The molecule has 1 fully saturated rings. The van der Waals surface area contributed by atoms with Crippen LogP contribution in [0.1, 0.15) is 50.7 Å². The normalized spacial score (nSPS) is 15.6. The van der Waals surface area contributed by atoms with Crippen molar-refractivity contribution in [3.63, 3.8) is 0 Å². The molecule has 11 heteroatoms. The number of fused-ring (bicyclic) bond motifs is 2. The average Bonchev–Trinajstić information content (AvgIpc) is 3.61. The van der Waals surface area contributed by atoms with Crippen molar-refractivity contribution in [2.24, 2.45) is 0 Å². The van der Waals surface area contributed by atoms with Gasteiger partial charge in [-0.3, -0.25) is 13.9 Å². The number of carbonyl (C=O) groups excluding carboxylic acids is 2. The first-order valence-corrected chi connectivity index (χ1v) is 16.0. The Balaban J connectivity index is 1.46. The van der Waals surface area contributed by atoms with Crippen molar-refractivity contribution >= 4 is 49.5 Å². The molecule has 0 spiro atoms. The van der Waals surface area contributed by atoms with Crippen LogP contribution in [0.15, 0.2) is 65.2 Å². The van der Waals surface area contributed by atoms with E-state index in [2.05, 4.69) is 15.3 Å². The summed E-state index contributed by atoms with van der Waals surface area (Å²) >= 11 is 0. The minimum Gasteiger partial charge on any atom is -0.455 e. The van der Waals surface area contributed by atoms with Crippen LogP contribution in [0.2, 0.25) is 0 Å². The van der Waals surface area contributed by atoms with Crippen LogP contribution in [0.5, 0.6) is 0 Å². The number of pyridine rings is 1. The van der Waals surface area contributed by atoms with E-state index in [9.17, 15) is 18.0 Å². The molecule has 4 heterocycles. The van der Waals surface area contributed by atoms with Gasteiger partial charge in [-0.05, 0) is 49.6 Å². The van der Waals surface area contributed by atoms with E-state index in [4.69, 9.17) is 4.42 Å². The lowest BCUT2D eigenvalue weighted by Gasteiger charge is -2.34. The highest BCUT2D eigenvalue weighted by Crippen LogP contribution is 2.42. The quantitative estimate of drug-likeness (QED) is 0.281. The molecule has 1 atom stereocenters. The molecular formula is C32H33N5O5S. The van der Waals surface area contributed by atoms with Crippen LogP contribution in [0, 0.1) is 6.92 Å². The summed E-state index contributed by atoms with van der Waals surface area (Å²) in [7, 11) is -0.562. The van der Waals surface area contributed by atoms with Gasteiger partial charge >= 0.3 is 0 Å². The van der Waals surface area contributed by atoms with E-state index in [1.54, 1.807) is 30.3 Å². The number of carbonyl (C=O) groups is 2. The standard InChI is InChI=1S/C32H33N5O5S/c1-19-9-11-20(12-10-19)29-28(31(38)33-2)24-16-23(26(17-27(24)42-29)36(3)43(4,40)41)22-8-6-14-37(18-22)32(39)25-15-21-7-5-13-34-30(21)35-25/h5,7,9-13,15-17,22H,6,8,14,18H2,1-4H3,(H,33,38)(H,34,35)/t22-/m1/s1. The Bertz CT molecular complexity index is 1940. The lowest BCUT2D eigenvalue weighted by molar-refractivity contribution is 0.0702. The number of furan rings is 1. The molecule has 1 saturated heterocycles. The molecule has 2 aromatic carbocycles. The van der Waals surface area contributed by atoms with Gasteiger partial charge in [-0.1, -0.05) is 29.8 Å². The fourth-order valence-corrected chi connectivity index (χ4v) is 6.36. The summed E-state index contributed by atoms with van der Waals surface area (Å²) in [4.78, 5) is 36.1. The van der Waals surface area contributed by atoms with Crippen molar-refractivity contribution < 1.29 is 22.4 Å². The number of aryl methyl sites for hydroxylation is 1. The van der Waals surface area contributed by atoms with Gasteiger partial charge < -0.3 is 19.6 Å². The average molecular weight is 600 g/mol. The summed E-state index contributed by atoms with van der Waals surface area (Å²) in [6.45, 7) is 2.94. The van der Waals surface area contributed by atoms with E-state index < -0.39 is 10.0 Å². The molecule has 1 aliphatic heterocycles. The first-order chi connectivity index (χ1) is 20.5. The molecular weight excluding hydrogens is 566 g/mol. The first kappa shape index (κ1) is 28.5. The number of aromatic amines is 1. The lowest BCUT2D eigenvalue weighted by Crippen LogP contribution is -2.39. The largest absolute Gasteiger partial charge is 0.455 e. The number of nitrogens with one attached hydrogen (secondary N) is 2. The van der Waals surface area contributed by atoms with Gasteiger partial charge in [0.25, 0.3) is 11.8 Å². The minimum atomic E-state index is -3.63. The zero-order valence-corrected chi connectivity index (χ0v) is 25.3. The number of hydrogen-bond acceptors (Lipinski definition) is 6. The maximum atomic E-state index is 13.6. The zero-order valence-electron chi connectivity index (χ0n) is 24.5. The van der Waals surface area contributed by atoms with Crippen LogP contribution in [0.3, 0.4) is 0 Å². The number of rotatable bonds is 6. The number of H-pyrrole nitrogens is 1. The van der Waals surface area contributed by atoms with Crippen LogP contribution in [-0.4, -0.2) is 68.5 Å². The highest BCUT2D eigenvalue weighted by atomic mass is 32.2. The van der Waals surface area contributed by atoms with Crippen LogP contribution in [0.4, 0.5) is 5.69 Å². The van der Waals surface area contributed by atoms with Gasteiger partial charge in [-0.2, -0.15) is 0 Å². The fraction of sp³-hybridized carbons (Fsp3) is 0.281. The summed E-state index contributed by atoms with van der Waals surface area (Å²) < 4.78 is 33.1. The third-order valence-electron chi connectivity index (χ3n) is 8.21. The Labute approximate surface area is 249 Å². The molecule has 2 N–H and O–H groups in total. The van der Waals surface area contributed by atoms with Crippen molar-refractivity contribution in [2.75, 3.05) is 37.7 Å². The summed E-state index contributed by atoms with van der Waals surface area (Å²) in [5, 5.41) is 4.16. The second-order valence-corrected chi connectivity index (χ2v) is 13.1. The van der Waals surface area contributed by atoms with E-state index in [0.29, 0.717) is 52.4 Å². The molecule has 43 heavy (non-hydrogen) atoms. The summed E-state index contributed by atoms with van der Waals surface area (Å²) in [6.07, 6.45) is 4.30. The highest BCUT2D eigenvalue weighted by molar-refractivity contribution is 7.92. The van der Waals surface area contributed by atoms with Gasteiger partial charge in [-0.15, -0.1) is 0 Å². The number of benzene rings is 2. The molecule has 1 aliphatic rings. The number of anilines is 1. The number of likely N-dealkylation sites (tertiary alicyclic amines) is 1. The maximum absolute atomic E-state index is 13.6. The van der Waals surface area contributed by atoms with Gasteiger partial charge in [0.15, 0.2) is 0 Å². The summed E-state index contributed by atoms with van der Waals surface area (Å²) in [5.41, 5.74) is 4.88. The van der Waals surface area contributed by atoms with Crippen molar-refractivity contribution in [3.8, 4) is 11.3 Å². The van der Waals surface area contributed by atoms with Crippen LogP contribution in [-0.2, 0) is 10.0 Å². The highest BCUT2D eigenvalue weighted by Gasteiger charge is 2.32. The van der Waals surface area contributed by atoms with E-state index in [0.717, 1.165) is 41.2 Å². The molecule has 10 nitrogen and oxygen atoms in total. The minimum absolute atomic E-state index is 0.141.